The molecule has 23 heavy (non-hydrogen) atoms. The first-order valence-corrected chi connectivity index (χ1v) is 7.62. The van der Waals surface area contributed by atoms with Gasteiger partial charge in [-0.3, -0.25) is 4.99 Å². The zero-order valence-electron chi connectivity index (χ0n) is 13.1. The summed E-state index contributed by atoms with van der Waals surface area (Å²) in [7, 11) is 0. The first-order chi connectivity index (χ1) is 11.2. The number of nitrogen functional groups attached to an aromatic ring is 1. The number of rotatable bonds is 4. The van der Waals surface area contributed by atoms with E-state index in [0.717, 1.165) is 17.1 Å². The van der Waals surface area contributed by atoms with Gasteiger partial charge in [-0.2, -0.15) is 0 Å². The molecule has 1 aromatic rings. The molecule has 4 nitrogen and oxygen atoms in total. The minimum Gasteiger partial charge on any atom is -0.384 e. The molecule has 0 aromatic carbocycles. The normalized spacial score (nSPS) is 22.8. The van der Waals surface area contributed by atoms with Gasteiger partial charge < -0.3 is 10.6 Å². The van der Waals surface area contributed by atoms with Gasteiger partial charge in [-0.1, -0.05) is 55.2 Å². The summed E-state index contributed by atoms with van der Waals surface area (Å²) >= 11 is 0. The van der Waals surface area contributed by atoms with Gasteiger partial charge in [-0.25, -0.2) is 4.98 Å². The number of allylic oxidation sites excluding steroid dienone is 5. The van der Waals surface area contributed by atoms with Crippen LogP contribution < -0.4 is 10.6 Å². The van der Waals surface area contributed by atoms with Crippen molar-refractivity contribution in [2.24, 2.45) is 4.99 Å². The zero-order chi connectivity index (χ0) is 16.2. The molecule has 4 heteroatoms. The fourth-order valence-electron chi connectivity index (χ4n) is 2.72. The molecule has 2 unspecified atom stereocenters. The summed E-state index contributed by atoms with van der Waals surface area (Å²) in [6.45, 7) is 6.17. The number of aliphatic imine (C=N–C) groups is 1. The molecule has 2 atom stereocenters. The fourth-order valence-corrected chi connectivity index (χ4v) is 2.72. The number of fused-ring (bicyclic) bond motifs is 1. The van der Waals surface area contributed by atoms with Gasteiger partial charge >= 0.3 is 0 Å². The number of nitrogens with two attached hydrogens (primary N) is 1. The van der Waals surface area contributed by atoms with Crippen LogP contribution in [0.4, 0.5) is 11.6 Å². The van der Waals surface area contributed by atoms with Gasteiger partial charge in [-0.15, -0.1) is 0 Å². The summed E-state index contributed by atoms with van der Waals surface area (Å²) in [6.07, 6.45) is 15.9. The number of nitrogens with zero attached hydrogens (tertiary/aromatic N) is 3. The van der Waals surface area contributed by atoms with E-state index < -0.39 is 0 Å². The van der Waals surface area contributed by atoms with Crippen LogP contribution in [0.2, 0.25) is 0 Å². The number of hydrogen-bond donors (Lipinski definition) is 1. The Labute approximate surface area is 136 Å². The Balaban J connectivity index is 1.98. The van der Waals surface area contributed by atoms with E-state index in [1.807, 2.05) is 61.6 Å². The topological polar surface area (TPSA) is 54.5 Å². The lowest BCUT2D eigenvalue weighted by atomic mass is 10.1. The van der Waals surface area contributed by atoms with Gasteiger partial charge in [-0.05, 0) is 30.7 Å². The molecule has 0 amide bonds. The maximum absolute atomic E-state index is 5.86. The smallest absolute Gasteiger partial charge is 0.148 e. The lowest BCUT2D eigenvalue weighted by Gasteiger charge is -2.30. The standard InChI is InChI=1S/C19H20N4/c1-3-4-5-9-14(2)19-21-15-10-6-7-11-16(15)23(19)18-13-8-12-17(20)22-18/h3-13,16,19H,2H2,1H3,(H2,20,22)/b4-3-,9-5-. The van der Waals surface area contributed by atoms with E-state index in [9.17, 15) is 0 Å². The van der Waals surface area contributed by atoms with Crippen molar-refractivity contribution in [2.75, 3.05) is 10.6 Å². The highest BCUT2D eigenvalue weighted by atomic mass is 15.3. The van der Waals surface area contributed by atoms with Gasteiger partial charge in [0.15, 0.2) is 0 Å². The van der Waals surface area contributed by atoms with Crippen molar-refractivity contribution in [1.29, 1.82) is 0 Å². The quantitative estimate of drug-likeness (QED) is 0.867. The van der Waals surface area contributed by atoms with Crippen LogP contribution in [0, 0.1) is 0 Å². The summed E-state index contributed by atoms with van der Waals surface area (Å²) in [5.41, 5.74) is 7.79. The number of anilines is 2. The molecule has 1 aromatic heterocycles. The van der Waals surface area contributed by atoms with Crippen LogP contribution in [-0.2, 0) is 0 Å². The first-order valence-electron chi connectivity index (χ1n) is 7.62. The maximum atomic E-state index is 5.86. The largest absolute Gasteiger partial charge is 0.384 e. The third-order valence-electron chi connectivity index (χ3n) is 3.78. The predicted molar refractivity (Wildman–Crippen MR) is 97.5 cm³/mol. The van der Waals surface area contributed by atoms with E-state index >= 15 is 0 Å². The Bertz CT molecular complexity index is 752. The molecule has 1 aliphatic carbocycles. The van der Waals surface area contributed by atoms with Crippen molar-refractivity contribution in [2.45, 2.75) is 19.1 Å². The molecule has 0 saturated heterocycles. The molecular weight excluding hydrogens is 284 g/mol. The van der Waals surface area contributed by atoms with Gasteiger partial charge in [0.25, 0.3) is 0 Å². The van der Waals surface area contributed by atoms with Gasteiger partial charge in [0.1, 0.15) is 17.8 Å². The molecule has 0 saturated carbocycles. The molecule has 3 rings (SSSR count). The Morgan fingerprint density at radius 2 is 2.17 bits per heavy atom. The van der Waals surface area contributed by atoms with Crippen LogP contribution in [0.1, 0.15) is 6.92 Å². The van der Waals surface area contributed by atoms with Crippen molar-refractivity contribution in [3.63, 3.8) is 0 Å². The highest BCUT2D eigenvalue weighted by Crippen LogP contribution is 2.31. The molecule has 1 aliphatic heterocycles. The Hall–Kier alpha value is -2.88. The third-order valence-corrected chi connectivity index (χ3v) is 3.78. The van der Waals surface area contributed by atoms with Gasteiger partial charge in [0.2, 0.25) is 0 Å². The van der Waals surface area contributed by atoms with Crippen LogP contribution in [0.15, 0.2) is 84.0 Å². The summed E-state index contributed by atoms with van der Waals surface area (Å²) in [4.78, 5) is 11.4. The Morgan fingerprint density at radius 3 is 2.96 bits per heavy atom. The van der Waals surface area contributed by atoms with E-state index in [2.05, 4.69) is 22.5 Å². The molecule has 2 N–H and O–H groups in total. The highest BCUT2D eigenvalue weighted by Gasteiger charge is 2.36. The van der Waals surface area contributed by atoms with Crippen molar-refractivity contribution in [1.82, 2.24) is 4.98 Å². The lowest BCUT2D eigenvalue weighted by Crippen LogP contribution is -2.40. The van der Waals surface area contributed by atoms with Gasteiger partial charge in [0, 0.05) is 0 Å². The van der Waals surface area contributed by atoms with E-state index in [-0.39, 0.29) is 12.2 Å². The predicted octanol–water partition coefficient (Wildman–Crippen LogP) is 3.43. The molecular formula is C19H20N4. The van der Waals surface area contributed by atoms with Crippen molar-refractivity contribution < 1.29 is 0 Å². The molecule has 2 aliphatic rings. The van der Waals surface area contributed by atoms with Crippen LogP contribution >= 0.6 is 0 Å². The van der Waals surface area contributed by atoms with E-state index in [0.29, 0.717) is 5.82 Å². The third kappa shape index (κ3) is 3.01. The van der Waals surface area contributed by atoms with Gasteiger partial charge in [0.05, 0.1) is 11.8 Å². The summed E-state index contributed by atoms with van der Waals surface area (Å²) in [5, 5.41) is 0. The van der Waals surface area contributed by atoms with Crippen LogP contribution in [0.3, 0.4) is 0 Å². The summed E-state index contributed by atoms with van der Waals surface area (Å²) in [5.74, 6) is 1.30. The van der Waals surface area contributed by atoms with Crippen LogP contribution in [-0.4, -0.2) is 22.9 Å². The summed E-state index contributed by atoms with van der Waals surface area (Å²) < 4.78 is 0. The molecule has 0 fully saturated rings. The Kier molecular flexibility index (Phi) is 4.24. The minimum absolute atomic E-state index is 0.0613. The lowest BCUT2D eigenvalue weighted by molar-refractivity contribution is 0.735. The van der Waals surface area contributed by atoms with Crippen molar-refractivity contribution >= 4 is 17.3 Å². The molecule has 0 radical (unpaired) electrons. The van der Waals surface area contributed by atoms with E-state index in [1.165, 1.54) is 0 Å². The molecule has 2 heterocycles. The number of pyridine rings is 1. The molecule has 116 valence electrons. The summed E-state index contributed by atoms with van der Waals surface area (Å²) in [6, 6.07) is 5.71. The molecule has 0 bridgehead atoms. The first kappa shape index (κ1) is 15.0. The highest BCUT2D eigenvalue weighted by molar-refractivity contribution is 6.06. The number of hydrogen-bond acceptors (Lipinski definition) is 4. The second kappa shape index (κ2) is 6.48. The molecule has 0 spiro atoms. The van der Waals surface area contributed by atoms with Crippen molar-refractivity contribution in [3.05, 3.63) is 79.0 Å². The minimum atomic E-state index is -0.182. The Morgan fingerprint density at radius 1 is 1.30 bits per heavy atom. The zero-order valence-corrected chi connectivity index (χ0v) is 13.1. The monoisotopic (exact) mass is 304 g/mol. The van der Waals surface area contributed by atoms with Crippen LogP contribution in [0.25, 0.3) is 0 Å². The maximum Gasteiger partial charge on any atom is 0.148 e. The van der Waals surface area contributed by atoms with Crippen molar-refractivity contribution in [3.8, 4) is 0 Å². The number of aromatic nitrogens is 1. The fraction of sp³-hybridized carbons (Fsp3) is 0.158. The van der Waals surface area contributed by atoms with Crippen LogP contribution in [0.5, 0.6) is 0 Å². The average molecular weight is 304 g/mol. The van der Waals surface area contributed by atoms with E-state index in [1.54, 1.807) is 6.07 Å². The average Bonchev–Trinajstić information content (AvgIpc) is 2.94. The SMILES string of the molecule is C=C(/C=C\C=C/C)C1N=C2C=CC=CC2N1c1cccc(N)n1. The van der Waals surface area contributed by atoms with E-state index in [4.69, 9.17) is 10.7 Å². The second-order valence-corrected chi connectivity index (χ2v) is 5.40. The second-order valence-electron chi connectivity index (χ2n) is 5.40.